The summed E-state index contributed by atoms with van der Waals surface area (Å²) in [5, 5.41) is 6.57. The number of rotatable bonds is 8. The van der Waals surface area contributed by atoms with Gasteiger partial charge in [-0.25, -0.2) is 0 Å². The van der Waals surface area contributed by atoms with Crippen LogP contribution in [-0.4, -0.2) is 38.5 Å². The molecular weight excluding hydrogens is 322 g/mol. The third-order valence-electron chi connectivity index (χ3n) is 3.60. The Morgan fingerprint density at radius 2 is 2.12 bits per heavy atom. The molecule has 0 aliphatic heterocycles. The SMILES string of the molecule is COc1cc(/C=N\OCC(=O)NC2CCCC2)ccc1OC(F)F. The van der Waals surface area contributed by atoms with Crippen LogP contribution in [0.3, 0.4) is 0 Å². The number of carbonyl (C=O) groups is 1. The monoisotopic (exact) mass is 342 g/mol. The van der Waals surface area contributed by atoms with E-state index in [1.807, 2.05) is 0 Å². The van der Waals surface area contributed by atoms with Crippen molar-refractivity contribution in [1.82, 2.24) is 5.32 Å². The molecule has 0 unspecified atom stereocenters. The maximum Gasteiger partial charge on any atom is 0.387 e. The molecular formula is C16H20F2N2O4. The van der Waals surface area contributed by atoms with Crippen molar-refractivity contribution in [2.45, 2.75) is 38.3 Å². The second kappa shape index (κ2) is 9.05. The number of alkyl halides is 2. The predicted octanol–water partition coefficient (Wildman–Crippen LogP) is 2.71. The molecule has 6 nitrogen and oxygen atoms in total. The molecule has 132 valence electrons. The summed E-state index contributed by atoms with van der Waals surface area (Å²) in [7, 11) is 1.35. The average molecular weight is 342 g/mol. The van der Waals surface area contributed by atoms with E-state index in [1.165, 1.54) is 31.5 Å². The summed E-state index contributed by atoms with van der Waals surface area (Å²) in [6.45, 7) is -3.10. The van der Waals surface area contributed by atoms with Gasteiger partial charge in [0, 0.05) is 11.6 Å². The molecule has 0 bridgehead atoms. The van der Waals surface area contributed by atoms with Crippen molar-refractivity contribution >= 4 is 12.1 Å². The van der Waals surface area contributed by atoms with Gasteiger partial charge < -0.3 is 19.6 Å². The first kappa shape index (κ1) is 18.0. The number of ether oxygens (including phenoxy) is 2. The van der Waals surface area contributed by atoms with E-state index in [-0.39, 0.29) is 30.1 Å². The Morgan fingerprint density at radius 1 is 1.38 bits per heavy atom. The Hall–Kier alpha value is -2.38. The molecule has 1 fully saturated rings. The van der Waals surface area contributed by atoms with Crippen LogP contribution >= 0.6 is 0 Å². The number of nitrogens with one attached hydrogen (secondary N) is 1. The number of hydrogen-bond donors (Lipinski definition) is 1. The van der Waals surface area contributed by atoms with E-state index in [0.717, 1.165) is 25.7 Å². The average Bonchev–Trinajstić information content (AvgIpc) is 3.05. The molecule has 1 saturated carbocycles. The number of halogens is 2. The van der Waals surface area contributed by atoms with Gasteiger partial charge >= 0.3 is 6.61 Å². The number of nitrogens with zero attached hydrogens (tertiary/aromatic N) is 1. The molecule has 1 aliphatic carbocycles. The largest absolute Gasteiger partial charge is 0.493 e. The molecule has 0 saturated heterocycles. The number of methoxy groups -OCH3 is 1. The fourth-order valence-corrected chi connectivity index (χ4v) is 2.49. The Kier molecular flexibility index (Phi) is 6.77. The maximum atomic E-state index is 12.2. The van der Waals surface area contributed by atoms with Crippen molar-refractivity contribution in [3.63, 3.8) is 0 Å². The van der Waals surface area contributed by atoms with E-state index in [4.69, 9.17) is 9.57 Å². The van der Waals surface area contributed by atoms with Crippen molar-refractivity contribution in [3.05, 3.63) is 23.8 Å². The number of oxime groups is 1. The van der Waals surface area contributed by atoms with Crippen LogP contribution in [0.4, 0.5) is 8.78 Å². The molecule has 2 rings (SSSR count). The lowest BCUT2D eigenvalue weighted by Gasteiger charge is -2.11. The Morgan fingerprint density at radius 3 is 2.79 bits per heavy atom. The van der Waals surface area contributed by atoms with Gasteiger partial charge in [0.2, 0.25) is 0 Å². The van der Waals surface area contributed by atoms with Gasteiger partial charge in [0.05, 0.1) is 13.3 Å². The first-order valence-electron chi connectivity index (χ1n) is 7.66. The van der Waals surface area contributed by atoms with Crippen LogP contribution in [0.15, 0.2) is 23.4 Å². The molecule has 24 heavy (non-hydrogen) atoms. The van der Waals surface area contributed by atoms with Crippen LogP contribution in [-0.2, 0) is 9.63 Å². The topological polar surface area (TPSA) is 69.2 Å². The van der Waals surface area contributed by atoms with E-state index in [9.17, 15) is 13.6 Å². The van der Waals surface area contributed by atoms with Crippen molar-refractivity contribution in [2.75, 3.05) is 13.7 Å². The molecule has 1 amide bonds. The van der Waals surface area contributed by atoms with Crippen LogP contribution in [0.2, 0.25) is 0 Å². The first-order valence-corrected chi connectivity index (χ1v) is 7.66. The fourth-order valence-electron chi connectivity index (χ4n) is 2.49. The Balaban J connectivity index is 1.81. The fraction of sp³-hybridized carbons (Fsp3) is 0.500. The lowest BCUT2D eigenvalue weighted by molar-refractivity contribution is -0.126. The highest BCUT2D eigenvalue weighted by molar-refractivity contribution is 5.81. The Bertz CT molecular complexity index is 575. The minimum atomic E-state index is -2.93. The highest BCUT2D eigenvalue weighted by Gasteiger charge is 2.17. The molecule has 1 N–H and O–H groups in total. The zero-order valence-corrected chi connectivity index (χ0v) is 13.3. The lowest BCUT2D eigenvalue weighted by Crippen LogP contribution is -2.34. The summed E-state index contributed by atoms with van der Waals surface area (Å²) in [5.41, 5.74) is 0.560. The molecule has 0 atom stereocenters. The van der Waals surface area contributed by atoms with Gasteiger partial charge in [-0.3, -0.25) is 4.79 Å². The smallest absolute Gasteiger partial charge is 0.387 e. The second-order valence-corrected chi connectivity index (χ2v) is 5.35. The molecule has 8 heteroatoms. The van der Waals surface area contributed by atoms with Crippen molar-refractivity contribution in [2.24, 2.45) is 5.16 Å². The highest BCUT2D eigenvalue weighted by atomic mass is 19.3. The second-order valence-electron chi connectivity index (χ2n) is 5.35. The van der Waals surface area contributed by atoms with Gasteiger partial charge in [-0.15, -0.1) is 0 Å². The third-order valence-corrected chi connectivity index (χ3v) is 3.60. The van der Waals surface area contributed by atoms with E-state index in [2.05, 4.69) is 15.2 Å². The van der Waals surface area contributed by atoms with Crippen LogP contribution in [0.25, 0.3) is 0 Å². The van der Waals surface area contributed by atoms with E-state index in [1.54, 1.807) is 0 Å². The minimum Gasteiger partial charge on any atom is -0.493 e. The number of carbonyl (C=O) groups excluding carboxylic acids is 1. The van der Waals surface area contributed by atoms with Crippen LogP contribution < -0.4 is 14.8 Å². The first-order chi connectivity index (χ1) is 11.6. The van der Waals surface area contributed by atoms with Gasteiger partial charge in [-0.05, 0) is 31.0 Å². The van der Waals surface area contributed by atoms with E-state index in [0.29, 0.717) is 5.56 Å². The molecule has 0 radical (unpaired) electrons. The van der Waals surface area contributed by atoms with Crippen LogP contribution in [0.1, 0.15) is 31.2 Å². The molecule has 0 aromatic heterocycles. The van der Waals surface area contributed by atoms with Crippen molar-refractivity contribution in [3.8, 4) is 11.5 Å². The quantitative estimate of drug-likeness (QED) is 0.583. The van der Waals surface area contributed by atoms with Crippen LogP contribution in [0, 0.1) is 0 Å². The Labute approximate surface area is 138 Å². The summed E-state index contributed by atoms with van der Waals surface area (Å²) >= 11 is 0. The zero-order chi connectivity index (χ0) is 17.4. The number of benzene rings is 1. The van der Waals surface area contributed by atoms with Gasteiger partial charge in [0.25, 0.3) is 5.91 Å². The molecule has 1 aromatic rings. The molecule has 0 spiro atoms. The molecule has 1 aliphatic rings. The van der Waals surface area contributed by atoms with Crippen LogP contribution in [0.5, 0.6) is 11.5 Å². The number of hydrogen-bond acceptors (Lipinski definition) is 5. The molecule has 1 aromatic carbocycles. The lowest BCUT2D eigenvalue weighted by atomic mass is 10.2. The van der Waals surface area contributed by atoms with Gasteiger partial charge in [0.15, 0.2) is 18.1 Å². The van der Waals surface area contributed by atoms with E-state index < -0.39 is 6.61 Å². The molecule has 0 heterocycles. The summed E-state index contributed by atoms with van der Waals surface area (Å²) in [6, 6.07) is 4.57. The summed E-state index contributed by atoms with van der Waals surface area (Å²) in [4.78, 5) is 16.6. The summed E-state index contributed by atoms with van der Waals surface area (Å²) < 4.78 is 33.8. The maximum absolute atomic E-state index is 12.2. The minimum absolute atomic E-state index is 0.0680. The standard InChI is InChI=1S/C16H20F2N2O4/c1-22-14-8-11(6-7-13(14)24-16(17)18)9-19-23-10-15(21)20-12-4-2-3-5-12/h6-9,12,16H,2-5,10H2,1H3,(H,20,21)/b19-9-. The van der Waals surface area contributed by atoms with Crippen molar-refractivity contribution in [1.29, 1.82) is 0 Å². The van der Waals surface area contributed by atoms with Gasteiger partial charge in [0.1, 0.15) is 0 Å². The third kappa shape index (κ3) is 5.68. The predicted molar refractivity (Wildman–Crippen MR) is 83.6 cm³/mol. The summed E-state index contributed by atoms with van der Waals surface area (Å²) in [5.74, 6) is -0.128. The van der Waals surface area contributed by atoms with E-state index >= 15 is 0 Å². The zero-order valence-electron chi connectivity index (χ0n) is 13.3. The highest BCUT2D eigenvalue weighted by Crippen LogP contribution is 2.28. The normalized spacial score (nSPS) is 15.0. The van der Waals surface area contributed by atoms with Crippen molar-refractivity contribution < 1.29 is 27.9 Å². The summed E-state index contributed by atoms with van der Waals surface area (Å²) in [6.07, 6.45) is 5.63. The van der Waals surface area contributed by atoms with Gasteiger partial charge in [-0.1, -0.05) is 18.0 Å². The van der Waals surface area contributed by atoms with Gasteiger partial charge in [-0.2, -0.15) is 8.78 Å². The number of amides is 1.